The fraction of sp³-hybridized carbons (Fsp3) is 0.222. The molecule has 17 heavy (non-hydrogen) atoms. The number of rotatable bonds is 3. The van der Waals surface area contributed by atoms with E-state index >= 15 is 0 Å². The van der Waals surface area contributed by atoms with Crippen molar-refractivity contribution in [1.29, 1.82) is 0 Å². The summed E-state index contributed by atoms with van der Waals surface area (Å²) in [6.45, 7) is 1.44. The van der Waals surface area contributed by atoms with Gasteiger partial charge in [0.25, 0.3) is 15.0 Å². The normalized spacial score (nSPS) is 11.6. The number of anilines is 1. The minimum atomic E-state index is -3.88. The molecule has 1 aromatic carbocycles. The molecular formula is C9H8ClF2NO3S. The molecule has 0 saturated carbocycles. The number of benzene rings is 1. The summed E-state index contributed by atoms with van der Waals surface area (Å²) in [4.78, 5) is 10.6. The summed E-state index contributed by atoms with van der Waals surface area (Å²) in [6, 6.07) is 3.57. The Morgan fingerprint density at radius 3 is 2.41 bits per heavy atom. The number of carbonyl (C=O) groups is 1. The molecule has 0 radical (unpaired) electrons. The first-order valence-electron chi connectivity index (χ1n) is 4.36. The predicted molar refractivity (Wildman–Crippen MR) is 58.9 cm³/mol. The van der Waals surface area contributed by atoms with Crippen molar-refractivity contribution in [2.45, 2.75) is 18.2 Å². The van der Waals surface area contributed by atoms with Crippen molar-refractivity contribution in [3.8, 4) is 0 Å². The molecule has 0 aliphatic rings. The lowest BCUT2D eigenvalue weighted by Crippen LogP contribution is -2.20. The smallest absolute Gasteiger partial charge is 0.315 e. The van der Waals surface area contributed by atoms with Gasteiger partial charge in [-0.2, -0.15) is 8.78 Å². The zero-order chi connectivity index (χ0) is 13.2. The number of amides is 1. The molecule has 94 valence electrons. The highest BCUT2D eigenvalue weighted by Gasteiger charge is 2.17. The predicted octanol–water partition coefficient (Wildman–Crippen LogP) is 2.13. The topological polar surface area (TPSA) is 63.2 Å². The van der Waals surface area contributed by atoms with Gasteiger partial charge in [-0.3, -0.25) is 4.79 Å². The van der Waals surface area contributed by atoms with Gasteiger partial charge in [0.05, 0.1) is 4.90 Å². The van der Waals surface area contributed by atoms with Gasteiger partial charge in [-0.25, -0.2) is 8.42 Å². The van der Waals surface area contributed by atoms with Gasteiger partial charge in [-0.1, -0.05) is 0 Å². The van der Waals surface area contributed by atoms with Crippen molar-refractivity contribution in [2.24, 2.45) is 0 Å². The van der Waals surface area contributed by atoms with Crippen LogP contribution in [0.15, 0.2) is 23.1 Å². The second kappa shape index (κ2) is 4.97. The van der Waals surface area contributed by atoms with Gasteiger partial charge in [0, 0.05) is 16.4 Å². The van der Waals surface area contributed by atoms with Crippen molar-refractivity contribution >= 4 is 31.3 Å². The van der Waals surface area contributed by atoms with Crippen LogP contribution in [0.2, 0.25) is 0 Å². The number of alkyl halides is 2. The summed E-state index contributed by atoms with van der Waals surface area (Å²) >= 11 is 0. The van der Waals surface area contributed by atoms with Gasteiger partial charge in [0.15, 0.2) is 0 Å². The van der Waals surface area contributed by atoms with Crippen LogP contribution in [0.5, 0.6) is 0 Å². The van der Waals surface area contributed by atoms with E-state index < -0.39 is 21.4 Å². The summed E-state index contributed by atoms with van der Waals surface area (Å²) in [5.74, 6) is -1.45. The van der Waals surface area contributed by atoms with Gasteiger partial charge < -0.3 is 5.32 Å². The first-order valence-corrected chi connectivity index (χ1v) is 6.67. The molecule has 0 aliphatic carbocycles. The highest BCUT2D eigenvalue weighted by Crippen LogP contribution is 2.22. The molecule has 0 aliphatic heterocycles. The number of carbonyl (C=O) groups excluding carboxylic acids is 1. The number of nitrogens with one attached hydrogen (secondary N) is 1. The van der Waals surface area contributed by atoms with Crippen molar-refractivity contribution in [3.63, 3.8) is 0 Å². The Bertz CT molecular complexity index is 545. The van der Waals surface area contributed by atoms with E-state index in [1.807, 2.05) is 5.32 Å². The fourth-order valence-electron chi connectivity index (χ4n) is 1.20. The first kappa shape index (κ1) is 13.9. The van der Waals surface area contributed by atoms with Gasteiger partial charge in [0.1, 0.15) is 0 Å². The third kappa shape index (κ3) is 3.64. The number of halogens is 3. The lowest BCUT2D eigenvalue weighted by atomic mass is 10.2. The molecule has 0 atom stereocenters. The van der Waals surface area contributed by atoms with Crippen molar-refractivity contribution in [2.75, 3.05) is 5.32 Å². The summed E-state index contributed by atoms with van der Waals surface area (Å²) < 4.78 is 46.0. The number of hydrogen-bond acceptors (Lipinski definition) is 3. The standard InChI is InChI=1S/C9H8ClF2NO3S/c1-5-4-6(13-9(14)8(11)12)2-3-7(5)17(10,15)16/h2-4,8H,1H3,(H,13,14). The quantitative estimate of drug-likeness (QED) is 0.864. The average Bonchev–Trinajstić information content (AvgIpc) is 2.15. The van der Waals surface area contributed by atoms with Crippen LogP contribution in [-0.2, 0) is 13.8 Å². The van der Waals surface area contributed by atoms with E-state index in [-0.39, 0.29) is 16.1 Å². The highest BCUT2D eigenvalue weighted by atomic mass is 35.7. The van der Waals surface area contributed by atoms with Crippen LogP contribution < -0.4 is 5.32 Å². The van der Waals surface area contributed by atoms with E-state index in [2.05, 4.69) is 0 Å². The molecule has 1 rings (SSSR count). The Morgan fingerprint density at radius 2 is 2.00 bits per heavy atom. The van der Waals surface area contributed by atoms with Crippen LogP contribution in [0.4, 0.5) is 14.5 Å². The van der Waals surface area contributed by atoms with Gasteiger partial charge in [0.2, 0.25) is 0 Å². The maximum absolute atomic E-state index is 12.0. The summed E-state index contributed by atoms with van der Waals surface area (Å²) in [6.07, 6.45) is -3.13. The fourth-order valence-corrected chi connectivity index (χ4v) is 2.39. The molecule has 0 fully saturated rings. The molecule has 0 heterocycles. The molecule has 0 spiro atoms. The lowest BCUT2D eigenvalue weighted by molar-refractivity contribution is -0.126. The largest absolute Gasteiger partial charge is 0.321 e. The SMILES string of the molecule is Cc1cc(NC(=O)C(F)F)ccc1S(=O)(=O)Cl. The molecular weight excluding hydrogens is 276 g/mol. The van der Waals surface area contributed by atoms with Crippen LogP contribution in [-0.4, -0.2) is 20.8 Å². The van der Waals surface area contributed by atoms with E-state index in [1.165, 1.54) is 19.1 Å². The molecule has 8 heteroatoms. The van der Waals surface area contributed by atoms with Crippen LogP contribution >= 0.6 is 10.7 Å². The van der Waals surface area contributed by atoms with Gasteiger partial charge >= 0.3 is 6.43 Å². The average molecular weight is 284 g/mol. The maximum Gasteiger partial charge on any atom is 0.315 e. The van der Waals surface area contributed by atoms with E-state index in [9.17, 15) is 22.0 Å². The number of hydrogen-bond donors (Lipinski definition) is 1. The summed E-state index contributed by atoms with van der Waals surface area (Å²) in [5, 5.41) is 1.93. The van der Waals surface area contributed by atoms with Crippen molar-refractivity contribution in [1.82, 2.24) is 0 Å². The van der Waals surface area contributed by atoms with E-state index in [1.54, 1.807) is 0 Å². The first-order chi connectivity index (χ1) is 7.71. The second-order valence-electron chi connectivity index (χ2n) is 3.21. The third-order valence-corrected chi connectivity index (χ3v) is 3.39. The molecule has 4 nitrogen and oxygen atoms in total. The van der Waals surface area contributed by atoms with E-state index in [0.29, 0.717) is 0 Å². The Morgan fingerprint density at radius 1 is 1.41 bits per heavy atom. The third-order valence-electron chi connectivity index (χ3n) is 1.90. The van der Waals surface area contributed by atoms with Crippen LogP contribution in [0.25, 0.3) is 0 Å². The molecule has 0 saturated heterocycles. The maximum atomic E-state index is 12.0. The Hall–Kier alpha value is -1.21. The van der Waals surface area contributed by atoms with Gasteiger partial charge in [-0.05, 0) is 30.7 Å². The van der Waals surface area contributed by atoms with E-state index in [4.69, 9.17) is 10.7 Å². The monoisotopic (exact) mass is 283 g/mol. The second-order valence-corrected chi connectivity index (χ2v) is 5.74. The van der Waals surface area contributed by atoms with Crippen molar-refractivity contribution < 1.29 is 22.0 Å². The van der Waals surface area contributed by atoms with Gasteiger partial charge in [-0.15, -0.1) is 0 Å². The summed E-state index contributed by atoms with van der Waals surface area (Å²) in [7, 11) is 1.25. The Balaban J connectivity index is 3.02. The minimum absolute atomic E-state index is 0.0804. The van der Waals surface area contributed by atoms with Crippen molar-refractivity contribution in [3.05, 3.63) is 23.8 Å². The molecule has 1 amide bonds. The molecule has 0 aromatic heterocycles. The zero-order valence-corrected chi connectivity index (χ0v) is 10.1. The zero-order valence-electron chi connectivity index (χ0n) is 8.58. The minimum Gasteiger partial charge on any atom is -0.321 e. The molecule has 1 N–H and O–H groups in total. The number of aryl methyl sites for hydroxylation is 1. The van der Waals surface area contributed by atoms with E-state index in [0.717, 1.165) is 6.07 Å². The Labute approximate surface area is 101 Å². The Kier molecular flexibility index (Phi) is 4.05. The molecule has 0 bridgehead atoms. The van der Waals surface area contributed by atoms with Crippen LogP contribution in [0.3, 0.4) is 0 Å². The summed E-state index contributed by atoms with van der Waals surface area (Å²) in [5.41, 5.74) is 0.337. The van der Waals surface area contributed by atoms with Crippen LogP contribution in [0.1, 0.15) is 5.56 Å². The van der Waals surface area contributed by atoms with Crippen LogP contribution in [0, 0.1) is 6.92 Å². The molecule has 1 aromatic rings. The molecule has 0 unspecified atom stereocenters. The lowest BCUT2D eigenvalue weighted by Gasteiger charge is -2.07. The highest BCUT2D eigenvalue weighted by molar-refractivity contribution is 8.13.